The maximum atomic E-state index is 11.1. The van der Waals surface area contributed by atoms with E-state index in [1.807, 2.05) is 12.1 Å². The van der Waals surface area contributed by atoms with Crippen molar-refractivity contribution in [3.63, 3.8) is 0 Å². The van der Waals surface area contributed by atoms with Crippen LogP contribution in [0.15, 0.2) is 47.9 Å². The minimum atomic E-state index is -0.639. The average Bonchev–Trinajstić information content (AvgIpc) is 2.68. The van der Waals surface area contributed by atoms with Crippen molar-refractivity contribution >= 4 is 11.7 Å². The number of carbonyl (C=O) groups is 1. The summed E-state index contributed by atoms with van der Waals surface area (Å²) in [5.74, 6) is 1.12. The second-order valence-corrected chi connectivity index (χ2v) is 7.28. The van der Waals surface area contributed by atoms with Gasteiger partial charge in [0.15, 0.2) is 5.75 Å². The number of ether oxygens (including phenoxy) is 1. The molecule has 0 amide bonds. The first-order valence-corrected chi connectivity index (χ1v) is 9.61. The Bertz CT molecular complexity index is 733. The van der Waals surface area contributed by atoms with E-state index >= 15 is 0 Å². The Morgan fingerprint density at radius 1 is 1.19 bits per heavy atom. The molecule has 138 valence electrons. The van der Waals surface area contributed by atoms with Crippen molar-refractivity contribution in [1.29, 1.82) is 0 Å². The Morgan fingerprint density at radius 2 is 2.00 bits per heavy atom. The summed E-state index contributed by atoms with van der Waals surface area (Å²) < 4.78 is 6.08. The number of aliphatic carboxylic acids is 1. The van der Waals surface area contributed by atoms with Gasteiger partial charge < -0.3 is 19.6 Å². The van der Waals surface area contributed by atoms with Crippen LogP contribution in [-0.4, -0.2) is 42.2 Å². The number of fused-ring (bicyclic) bond motifs is 1. The Balaban J connectivity index is 1.39. The maximum Gasteiger partial charge on any atom is 0.306 e. The topological polar surface area (TPSA) is 53.0 Å². The highest BCUT2D eigenvalue weighted by Crippen LogP contribution is 2.40. The van der Waals surface area contributed by atoms with Crippen LogP contribution in [0.5, 0.6) is 5.75 Å². The molecule has 0 radical (unpaired) electrons. The van der Waals surface area contributed by atoms with Crippen molar-refractivity contribution in [3.05, 3.63) is 47.9 Å². The zero-order chi connectivity index (χ0) is 17.9. The highest BCUT2D eigenvalue weighted by atomic mass is 16.5. The van der Waals surface area contributed by atoms with E-state index in [1.165, 1.54) is 5.70 Å². The molecule has 3 aliphatic rings. The van der Waals surface area contributed by atoms with E-state index in [1.54, 1.807) is 0 Å². The Hall–Kier alpha value is -2.27. The Morgan fingerprint density at radius 3 is 2.81 bits per heavy atom. The van der Waals surface area contributed by atoms with Crippen molar-refractivity contribution in [2.75, 3.05) is 31.1 Å². The van der Waals surface area contributed by atoms with Gasteiger partial charge in [0.05, 0.1) is 17.3 Å². The smallest absolute Gasteiger partial charge is 0.306 e. The van der Waals surface area contributed by atoms with Crippen molar-refractivity contribution in [3.8, 4) is 5.75 Å². The lowest BCUT2D eigenvalue weighted by Crippen LogP contribution is -2.38. The number of nitrogens with zero attached hydrogens (tertiary/aromatic N) is 2. The van der Waals surface area contributed by atoms with Crippen molar-refractivity contribution in [2.24, 2.45) is 5.92 Å². The largest absolute Gasteiger partial charge is 0.481 e. The van der Waals surface area contributed by atoms with Crippen LogP contribution in [0.3, 0.4) is 0 Å². The summed E-state index contributed by atoms with van der Waals surface area (Å²) in [6.45, 7) is 3.77. The molecule has 26 heavy (non-hydrogen) atoms. The first-order chi connectivity index (χ1) is 12.7. The summed E-state index contributed by atoms with van der Waals surface area (Å²) in [6.07, 6.45) is 8.96. The van der Waals surface area contributed by atoms with Crippen LogP contribution >= 0.6 is 0 Å². The van der Waals surface area contributed by atoms with Gasteiger partial charge in [-0.1, -0.05) is 18.2 Å². The molecule has 1 saturated heterocycles. The second-order valence-electron chi connectivity index (χ2n) is 7.28. The molecule has 1 aromatic rings. The molecule has 1 aliphatic carbocycles. The Kier molecular flexibility index (Phi) is 4.98. The van der Waals surface area contributed by atoms with Gasteiger partial charge in [0.2, 0.25) is 0 Å². The van der Waals surface area contributed by atoms with Crippen molar-refractivity contribution in [2.45, 2.75) is 32.1 Å². The molecule has 0 atom stereocenters. The van der Waals surface area contributed by atoms with Gasteiger partial charge in [0, 0.05) is 6.54 Å². The third-order valence-electron chi connectivity index (χ3n) is 5.60. The predicted octanol–water partition coefficient (Wildman–Crippen LogP) is 3.63. The summed E-state index contributed by atoms with van der Waals surface area (Å²) in [4.78, 5) is 15.9. The molecule has 0 spiro atoms. The zero-order valence-corrected chi connectivity index (χ0v) is 15.1. The quantitative estimate of drug-likeness (QED) is 0.875. The predicted molar refractivity (Wildman–Crippen MR) is 101 cm³/mol. The fourth-order valence-corrected chi connectivity index (χ4v) is 4.13. The van der Waals surface area contributed by atoms with E-state index < -0.39 is 5.97 Å². The molecule has 0 aromatic heterocycles. The molecular formula is C21H26N2O3. The average molecular weight is 354 g/mol. The maximum absolute atomic E-state index is 11.1. The van der Waals surface area contributed by atoms with Crippen LogP contribution in [0.2, 0.25) is 0 Å². The molecule has 1 aromatic carbocycles. The zero-order valence-electron chi connectivity index (χ0n) is 15.1. The molecule has 0 bridgehead atoms. The summed E-state index contributed by atoms with van der Waals surface area (Å²) in [5.41, 5.74) is 2.45. The van der Waals surface area contributed by atoms with Crippen LogP contribution in [0.25, 0.3) is 0 Å². The molecule has 1 fully saturated rings. The number of hydrogen-bond acceptors (Lipinski definition) is 4. The molecule has 0 saturated carbocycles. The molecule has 5 nitrogen and oxygen atoms in total. The number of anilines is 1. The molecule has 1 N–H and O–H groups in total. The Labute approximate surface area is 154 Å². The summed E-state index contributed by atoms with van der Waals surface area (Å²) in [5, 5.41) is 9.13. The number of carboxylic acids is 1. The fourth-order valence-electron chi connectivity index (χ4n) is 4.13. The van der Waals surface area contributed by atoms with Gasteiger partial charge in [-0.3, -0.25) is 4.79 Å². The lowest BCUT2D eigenvalue weighted by Gasteiger charge is -2.36. The number of piperidine rings is 1. The highest BCUT2D eigenvalue weighted by molar-refractivity contribution is 5.70. The van der Waals surface area contributed by atoms with Crippen LogP contribution in [0, 0.1) is 5.92 Å². The number of para-hydroxylation sites is 2. The third-order valence-corrected chi connectivity index (χ3v) is 5.60. The fraction of sp³-hybridized carbons (Fsp3) is 0.476. The van der Waals surface area contributed by atoms with E-state index in [-0.39, 0.29) is 5.92 Å². The van der Waals surface area contributed by atoms with Gasteiger partial charge in [-0.15, -0.1) is 0 Å². The normalized spacial score (nSPS) is 20.5. The standard InChI is InChI=1S/C21H26N2O3/c24-21(25)16-10-14-22(15-11-16)12-5-13-23-17-6-1-3-8-19(17)26-20-9-4-2-7-18(20)23/h1,3-4,6,8-9,16H,2,5,7,10-15H2,(H,24,25). The molecule has 4 rings (SSSR count). The minimum absolute atomic E-state index is 0.154. The summed E-state index contributed by atoms with van der Waals surface area (Å²) in [7, 11) is 0. The number of hydrogen-bond donors (Lipinski definition) is 1. The van der Waals surface area contributed by atoms with Crippen LogP contribution in [0.4, 0.5) is 5.69 Å². The van der Waals surface area contributed by atoms with Gasteiger partial charge in [-0.2, -0.15) is 0 Å². The third kappa shape index (κ3) is 3.49. The van der Waals surface area contributed by atoms with Crippen molar-refractivity contribution < 1.29 is 14.6 Å². The van der Waals surface area contributed by atoms with Gasteiger partial charge in [-0.25, -0.2) is 0 Å². The molecule has 5 heteroatoms. The van der Waals surface area contributed by atoms with E-state index in [0.29, 0.717) is 0 Å². The first kappa shape index (κ1) is 17.2. The van der Waals surface area contributed by atoms with Gasteiger partial charge in [0.1, 0.15) is 5.76 Å². The summed E-state index contributed by atoms with van der Waals surface area (Å²) >= 11 is 0. The molecule has 0 unspecified atom stereocenters. The number of benzene rings is 1. The lowest BCUT2D eigenvalue weighted by atomic mass is 9.97. The van der Waals surface area contributed by atoms with Crippen LogP contribution in [-0.2, 0) is 4.79 Å². The molecular weight excluding hydrogens is 328 g/mol. The first-order valence-electron chi connectivity index (χ1n) is 9.61. The van der Waals surface area contributed by atoms with Gasteiger partial charge in [0.25, 0.3) is 0 Å². The number of likely N-dealkylation sites (tertiary alicyclic amines) is 1. The van der Waals surface area contributed by atoms with E-state index in [2.05, 4.69) is 34.1 Å². The SMILES string of the molecule is O=C(O)C1CCN(CCCN2C3=C(C=CCC3)Oc3ccccc32)CC1. The highest BCUT2D eigenvalue weighted by Gasteiger charge is 2.27. The molecule has 2 heterocycles. The van der Waals surface area contributed by atoms with Crippen LogP contribution < -0.4 is 9.64 Å². The van der Waals surface area contributed by atoms with E-state index in [9.17, 15) is 4.79 Å². The minimum Gasteiger partial charge on any atom is -0.481 e. The van der Waals surface area contributed by atoms with E-state index in [4.69, 9.17) is 9.84 Å². The lowest BCUT2D eigenvalue weighted by molar-refractivity contribution is -0.143. The molecule has 2 aliphatic heterocycles. The van der Waals surface area contributed by atoms with Crippen LogP contribution in [0.1, 0.15) is 32.1 Å². The number of carboxylic acid groups (broad SMARTS) is 1. The number of allylic oxidation sites excluding steroid dienone is 3. The monoisotopic (exact) mass is 354 g/mol. The number of rotatable bonds is 5. The summed E-state index contributed by atoms with van der Waals surface area (Å²) in [6, 6.07) is 8.25. The van der Waals surface area contributed by atoms with E-state index in [0.717, 1.165) is 75.5 Å². The van der Waals surface area contributed by atoms with Crippen molar-refractivity contribution in [1.82, 2.24) is 4.90 Å². The van der Waals surface area contributed by atoms with Gasteiger partial charge >= 0.3 is 5.97 Å². The second kappa shape index (κ2) is 7.54. The van der Waals surface area contributed by atoms with Gasteiger partial charge in [-0.05, 0) is 69.9 Å².